The minimum absolute atomic E-state index is 0.154. The average Bonchev–Trinajstić information content (AvgIpc) is 2.58. The SMILES string of the molecule is COC(=O)c1cc(NC(=O)C[NH+]2C[C@H](C)C[C@@H](C)C2)cc(C(=O)OC)c1. The zero-order chi connectivity index (χ0) is 19.3. The Morgan fingerprint density at radius 3 is 1.96 bits per heavy atom. The number of rotatable bonds is 5. The Bertz CT molecular complexity index is 644. The molecule has 142 valence electrons. The molecule has 0 bridgehead atoms. The van der Waals surface area contributed by atoms with Gasteiger partial charge in [0.2, 0.25) is 0 Å². The van der Waals surface area contributed by atoms with Crippen LogP contribution in [0.15, 0.2) is 18.2 Å². The van der Waals surface area contributed by atoms with Gasteiger partial charge in [0.15, 0.2) is 6.54 Å². The Labute approximate surface area is 153 Å². The highest BCUT2D eigenvalue weighted by molar-refractivity contribution is 5.99. The first-order chi connectivity index (χ1) is 12.3. The van der Waals surface area contributed by atoms with Gasteiger partial charge in [-0.2, -0.15) is 0 Å². The van der Waals surface area contributed by atoms with Crippen LogP contribution in [0.2, 0.25) is 0 Å². The number of nitrogens with one attached hydrogen (secondary N) is 2. The quantitative estimate of drug-likeness (QED) is 0.755. The summed E-state index contributed by atoms with van der Waals surface area (Å²) >= 11 is 0. The van der Waals surface area contributed by atoms with Gasteiger partial charge in [-0.15, -0.1) is 0 Å². The van der Waals surface area contributed by atoms with Crippen LogP contribution < -0.4 is 10.2 Å². The van der Waals surface area contributed by atoms with Gasteiger partial charge in [-0.3, -0.25) is 4.79 Å². The number of anilines is 1. The minimum Gasteiger partial charge on any atom is -0.465 e. The van der Waals surface area contributed by atoms with Crippen molar-refractivity contribution in [2.45, 2.75) is 20.3 Å². The number of methoxy groups -OCH3 is 2. The third kappa shape index (κ3) is 5.29. The van der Waals surface area contributed by atoms with Crippen molar-refractivity contribution in [3.05, 3.63) is 29.3 Å². The van der Waals surface area contributed by atoms with Crippen LogP contribution in [0.5, 0.6) is 0 Å². The van der Waals surface area contributed by atoms with E-state index in [9.17, 15) is 14.4 Å². The lowest BCUT2D eigenvalue weighted by Crippen LogP contribution is -3.15. The van der Waals surface area contributed by atoms with E-state index in [0.29, 0.717) is 24.1 Å². The maximum Gasteiger partial charge on any atom is 0.337 e. The monoisotopic (exact) mass is 363 g/mol. The maximum atomic E-state index is 12.4. The zero-order valence-electron chi connectivity index (χ0n) is 15.8. The van der Waals surface area contributed by atoms with E-state index >= 15 is 0 Å². The average molecular weight is 363 g/mol. The van der Waals surface area contributed by atoms with Crippen LogP contribution in [-0.4, -0.2) is 51.7 Å². The van der Waals surface area contributed by atoms with Crippen molar-refractivity contribution in [3.63, 3.8) is 0 Å². The summed E-state index contributed by atoms with van der Waals surface area (Å²) in [4.78, 5) is 37.3. The molecule has 7 nitrogen and oxygen atoms in total. The normalized spacial score (nSPS) is 22.4. The number of likely N-dealkylation sites (tertiary alicyclic amines) is 1. The van der Waals surface area contributed by atoms with Crippen molar-refractivity contribution in [1.29, 1.82) is 0 Å². The first-order valence-electron chi connectivity index (χ1n) is 8.77. The number of benzene rings is 1. The van der Waals surface area contributed by atoms with Gasteiger partial charge in [0.1, 0.15) is 0 Å². The van der Waals surface area contributed by atoms with E-state index in [-0.39, 0.29) is 17.0 Å². The van der Waals surface area contributed by atoms with Crippen LogP contribution in [0, 0.1) is 11.8 Å². The fourth-order valence-corrected chi connectivity index (χ4v) is 3.67. The van der Waals surface area contributed by atoms with Crippen LogP contribution in [0.3, 0.4) is 0 Å². The van der Waals surface area contributed by atoms with E-state index < -0.39 is 11.9 Å². The highest BCUT2D eigenvalue weighted by atomic mass is 16.5. The highest BCUT2D eigenvalue weighted by Gasteiger charge is 2.27. The molecule has 1 fully saturated rings. The second-order valence-electron chi connectivity index (χ2n) is 7.11. The molecule has 1 aliphatic rings. The van der Waals surface area contributed by atoms with E-state index in [2.05, 4.69) is 19.2 Å². The molecule has 1 aromatic rings. The molecule has 0 aromatic heterocycles. The van der Waals surface area contributed by atoms with Gasteiger partial charge < -0.3 is 19.7 Å². The molecule has 2 atom stereocenters. The van der Waals surface area contributed by atoms with Crippen molar-refractivity contribution < 1.29 is 28.8 Å². The van der Waals surface area contributed by atoms with Crippen molar-refractivity contribution >= 4 is 23.5 Å². The Hall–Kier alpha value is -2.41. The van der Waals surface area contributed by atoms with Gasteiger partial charge in [-0.1, -0.05) is 13.8 Å². The molecule has 7 heteroatoms. The molecule has 1 aliphatic heterocycles. The van der Waals surface area contributed by atoms with Gasteiger partial charge in [0.25, 0.3) is 5.91 Å². The van der Waals surface area contributed by atoms with Gasteiger partial charge >= 0.3 is 11.9 Å². The summed E-state index contributed by atoms with van der Waals surface area (Å²) in [7, 11) is 2.51. The number of carbonyl (C=O) groups is 3. The summed E-state index contributed by atoms with van der Waals surface area (Å²) in [5, 5.41) is 2.78. The van der Waals surface area contributed by atoms with Gasteiger partial charge in [0.05, 0.1) is 38.4 Å². The summed E-state index contributed by atoms with van der Waals surface area (Å²) in [6, 6.07) is 4.37. The number of piperidine rings is 1. The van der Waals surface area contributed by atoms with E-state index in [1.165, 1.54) is 43.7 Å². The fraction of sp³-hybridized carbons (Fsp3) is 0.526. The Morgan fingerprint density at radius 1 is 1.00 bits per heavy atom. The molecule has 0 unspecified atom stereocenters. The topological polar surface area (TPSA) is 86.1 Å². The van der Waals surface area contributed by atoms with Crippen LogP contribution in [0.1, 0.15) is 41.0 Å². The van der Waals surface area contributed by atoms with E-state index in [1.54, 1.807) is 0 Å². The van der Waals surface area contributed by atoms with Crippen molar-refractivity contribution in [2.75, 3.05) is 39.2 Å². The van der Waals surface area contributed by atoms with Crippen LogP contribution in [0.4, 0.5) is 5.69 Å². The molecular formula is C19H27N2O5+. The third-order valence-electron chi connectivity index (χ3n) is 4.55. The first-order valence-corrected chi connectivity index (χ1v) is 8.77. The van der Waals surface area contributed by atoms with Gasteiger partial charge in [0, 0.05) is 17.5 Å². The largest absolute Gasteiger partial charge is 0.465 e. The van der Waals surface area contributed by atoms with E-state index in [0.717, 1.165) is 13.1 Å². The lowest BCUT2D eigenvalue weighted by molar-refractivity contribution is -0.904. The summed E-state index contributed by atoms with van der Waals surface area (Å²) in [5.74, 6) is -0.143. The summed E-state index contributed by atoms with van der Waals surface area (Å²) in [6.07, 6.45) is 1.19. The lowest BCUT2D eigenvalue weighted by Gasteiger charge is -2.31. The molecule has 1 aromatic carbocycles. The Morgan fingerprint density at radius 2 is 1.50 bits per heavy atom. The predicted molar refractivity (Wildman–Crippen MR) is 96.3 cm³/mol. The van der Waals surface area contributed by atoms with Crippen molar-refractivity contribution in [3.8, 4) is 0 Å². The van der Waals surface area contributed by atoms with Crippen molar-refractivity contribution in [2.24, 2.45) is 11.8 Å². The van der Waals surface area contributed by atoms with E-state index in [4.69, 9.17) is 9.47 Å². The van der Waals surface area contributed by atoms with Crippen LogP contribution in [0.25, 0.3) is 0 Å². The fourth-order valence-electron chi connectivity index (χ4n) is 3.67. The number of ether oxygens (including phenoxy) is 2. The van der Waals surface area contributed by atoms with Crippen LogP contribution in [-0.2, 0) is 14.3 Å². The zero-order valence-corrected chi connectivity index (χ0v) is 15.8. The molecule has 0 aliphatic carbocycles. The number of carbonyl (C=O) groups excluding carboxylic acids is 3. The Kier molecular flexibility index (Phi) is 6.74. The summed E-state index contributed by atoms with van der Waals surface area (Å²) in [5.41, 5.74) is 0.729. The molecular weight excluding hydrogens is 336 g/mol. The molecule has 26 heavy (non-hydrogen) atoms. The molecule has 2 N–H and O–H groups in total. The summed E-state index contributed by atoms with van der Waals surface area (Å²) < 4.78 is 9.40. The highest BCUT2D eigenvalue weighted by Crippen LogP contribution is 2.17. The van der Waals surface area contributed by atoms with Gasteiger partial charge in [-0.25, -0.2) is 9.59 Å². The standard InChI is InChI=1S/C19H26N2O5/c1-12-5-13(2)10-21(9-12)11-17(22)20-16-7-14(18(23)25-3)6-15(8-16)19(24)26-4/h6-8,12-13H,5,9-11H2,1-4H3,(H,20,22)/p+1/t12-,13-/m1/s1. The molecule has 0 spiro atoms. The van der Waals surface area contributed by atoms with Gasteiger partial charge in [-0.05, 0) is 24.6 Å². The first kappa shape index (κ1) is 19.9. The summed E-state index contributed by atoms with van der Waals surface area (Å²) in [6.45, 7) is 6.69. The lowest BCUT2D eigenvalue weighted by atomic mass is 9.92. The number of amides is 1. The molecule has 0 saturated carbocycles. The van der Waals surface area contributed by atoms with Crippen LogP contribution >= 0.6 is 0 Å². The minimum atomic E-state index is -0.587. The Balaban J connectivity index is 2.12. The number of esters is 2. The smallest absolute Gasteiger partial charge is 0.337 e. The van der Waals surface area contributed by atoms with E-state index in [1.807, 2.05) is 0 Å². The second-order valence-corrected chi connectivity index (χ2v) is 7.11. The maximum absolute atomic E-state index is 12.4. The number of hydrogen-bond acceptors (Lipinski definition) is 5. The third-order valence-corrected chi connectivity index (χ3v) is 4.55. The molecule has 2 rings (SSSR count). The van der Waals surface area contributed by atoms with Crippen molar-refractivity contribution in [1.82, 2.24) is 0 Å². The number of hydrogen-bond donors (Lipinski definition) is 2. The molecule has 1 saturated heterocycles. The molecule has 1 heterocycles. The molecule has 1 amide bonds. The predicted octanol–water partition coefficient (Wildman–Crippen LogP) is 0.759. The number of quaternary nitrogens is 1. The second kappa shape index (κ2) is 8.80. The molecule has 0 radical (unpaired) electrons.